The molecular formula is C8H8F3N3. The lowest BCUT2D eigenvalue weighted by molar-refractivity contribution is -0.155. The fourth-order valence-electron chi connectivity index (χ4n) is 0.871. The fraction of sp³-hybridized carbons (Fsp3) is 0.375. The van der Waals surface area contributed by atoms with Crippen LogP contribution in [0.1, 0.15) is 0 Å². The third kappa shape index (κ3) is 2.69. The minimum atomic E-state index is -4.48. The van der Waals surface area contributed by atoms with E-state index in [1.165, 1.54) is 10.7 Å². The van der Waals surface area contributed by atoms with E-state index in [2.05, 4.69) is 5.43 Å². The molecule has 6 heteroatoms. The Morgan fingerprint density at radius 3 is 2.36 bits per heavy atom. The molecule has 3 nitrogen and oxygen atoms in total. The molecule has 1 aromatic rings. The highest BCUT2D eigenvalue weighted by Crippen LogP contribution is 2.24. The molecule has 14 heavy (non-hydrogen) atoms. The summed E-state index contributed by atoms with van der Waals surface area (Å²) in [5.41, 5.74) is 2.46. The maximum Gasteiger partial charge on any atom is 0.406 e. The zero-order valence-corrected chi connectivity index (χ0v) is 7.12. The van der Waals surface area contributed by atoms with Gasteiger partial charge in [0.1, 0.15) is 0 Å². The van der Waals surface area contributed by atoms with E-state index >= 15 is 0 Å². The van der Waals surface area contributed by atoms with Gasteiger partial charge in [-0.2, -0.15) is 18.4 Å². The second-order valence-electron chi connectivity index (χ2n) is 2.68. The third-order valence-corrected chi connectivity index (χ3v) is 1.63. The van der Waals surface area contributed by atoms with Crippen molar-refractivity contribution in [1.82, 2.24) is 4.68 Å². The predicted molar refractivity (Wildman–Crippen MR) is 43.8 cm³/mol. The summed E-state index contributed by atoms with van der Waals surface area (Å²) >= 11 is 0. The zero-order valence-electron chi connectivity index (χ0n) is 7.12. The van der Waals surface area contributed by atoms with Gasteiger partial charge in [0.15, 0.2) is 5.92 Å². The van der Waals surface area contributed by atoms with E-state index in [4.69, 9.17) is 5.26 Å². The second kappa shape index (κ2) is 4.05. The van der Waals surface area contributed by atoms with Crippen molar-refractivity contribution in [2.75, 3.05) is 12.0 Å². The van der Waals surface area contributed by atoms with Crippen LogP contribution in [0, 0.1) is 17.2 Å². The first-order valence-electron chi connectivity index (χ1n) is 3.87. The van der Waals surface area contributed by atoms with Crippen molar-refractivity contribution in [3.05, 3.63) is 24.5 Å². The molecule has 0 spiro atoms. The predicted octanol–water partition coefficient (Wildman–Crippen LogP) is 1.73. The van der Waals surface area contributed by atoms with E-state index in [9.17, 15) is 13.2 Å². The first-order valence-corrected chi connectivity index (χ1v) is 3.87. The molecule has 0 radical (unpaired) electrons. The number of halogens is 3. The number of hydrogen-bond acceptors (Lipinski definition) is 2. The molecule has 0 fully saturated rings. The Balaban J connectivity index is 2.48. The zero-order chi connectivity index (χ0) is 10.6. The summed E-state index contributed by atoms with van der Waals surface area (Å²) < 4.78 is 37.6. The molecule has 0 aliphatic carbocycles. The molecule has 0 bridgehead atoms. The Bertz CT molecular complexity index is 310. The van der Waals surface area contributed by atoms with E-state index in [0.29, 0.717) is 0 Å². The SMILES string of the molecule is N#CC(CNn1cccc1)C(F)(F)F. The van der Waals surface area contributed by atoms with Crippen molar-refractivity contribution >= 4 is 0 Å². The molecule has 1 rings (SSSR count). The van der Waals surface area contributed by atoms with E-state index < -0.39 is 18.6 Å². The molecule has 0 amide bonds. The molecular weight excluding hydrogens is 195 g/mol. The molecule has 1 N–H and O–H groups in total. The van der Waals surface area contributed by atoms with Crippen LogP contribution in [0.2, 0.25) is 0 Å². The third-order valence-electron chi connectivity index (χ3n) is 1.63. The van der Waals surface area contributed by atoms with Crippen LogP contribution in [0.5, 0.6) is 0 Å². The van der Waals surface area contributed by atoms with Gasteiger partial charge in [0.05, 0.1) is 12.6 Å². The van der Waals surface area contributed by atoms with E-state index in [0.717, 1.165) is 0 Å². The molecule has 0 aliphatic rings. The summed E-state index contributed by atoms with van der Waals surface area (Å²) in [5.74, 6) is -1.98. The standard InChI is InChI=1S/C8H8F3N3/c9-8(10,11)7(5-12)6-13-14-3-1-2-4-14/h1-4,7,13H,6H2. The molecule has 0 saturated carbocycles. The van der Waals surface area contributed by atoms with Crippen LogP contribution in [0.4, 0.5) is 13.2 Å². The summed E-state index contributed by atoms with van der Waals surface area (Å²) in [4.78, 5) is 0. The molecule has 0 aliphatic heterocycles. The average Bonchev–Trinajstić information content (AvgIpc) is 2.55. The normalized spacial score (nSPS) is 13.3. The molecule has 76 valence electrons. The summed E-state index contributed by atoms with van der Waals surface area (Å²) in [6, 6.07) is 4.54. The van der Waals surface area contributed by atoms with Crippen LogP contribution >= 0.6 is 0 Å². The lowest BCUT2D eigenvalue weighted by Crippen LogP contribution is -2.31. The van der Waals surface area contributed by atoms with Crippen molar-refractivity contribution in [2.24, 2.45) is 5.92 Å². The lowest BCUT2D eigenvalue weighted by atomic mass is 10.2. The first-order chi connectivity index (χ1) is 6.54. The number of nitriles is 1. The lowest BCUT2D eigenvalue weighted by Gasteiger charge is -2.14. The van der Waals surface area contributed by atoms with Crippen molar-refractivity contribution < 1.29 is 13.2 Å². The van der Waals surface area contributed by atoms with Crippen LogP contribution in [-0.2, 0) is 0 Å². The largest absolute Gasteiger partial charge is 0.406 e. The van der Waals surface area contributed by atoms with Gasteiger partial charge in [-0.15, -0.1) is 0 Å². The Labute approximate surface area is 78.7 Å². The summed E-state index contributed by atoms with van der Waals surface area (Å²) in [7, 11) is 0. The summed E-state index contributed by atoms with van der Waals surface area (Å²) in [5, 5.41) is 8.27. The van der Waals surface area contributed by atoms with Crippen molar-refractivity contribution in [3.8, 4) is 6.07 Å². The van der Waals surface area contributed by atoms with Crippen LogP contribution < -0.4 is 5.43 Å². The number of alkyl halides is 3. The monoisotopic (exact) mass is 203 g/mol. The van der Waals surface area contributed by atoms with Gasteiger partial charge in [-0.05, 0) is 12.1 Å². The van der Waals surface area contributed by atoms with Crippen LogP contribution in [0.25, 0.3) is 0 Å². The van der Waals surface area contributed by atoms with Gasteiger partial charge in [-0.3, -0.25) is 4.68 Å². The quantitative estimate of drug-likeness (QED) is 0.812. The minimum absolute atomic E-state index is 0.450. The molecule has 1 heterocycles. The maximum absolute atomic E-state index is 12.1. The topological polar surface area (TPSA) is 40.8 Å². The van der Waals surface area contributed by atoms with Gasteiger partial charge < -0.3 is 5.43 Å². The molecule has 1 atom stereocenters. The highest BCUT2D eigenvalue weighted by atomic mass is 19.4. The molecule has 1 aromatic heterocycles. The van der Waals surface area contributed by atoms with Crippen LogP contribution in [0.15, 0.2) is 24.5 Å². The molecule has 0 saturated heterocycles. The second-order valence-corrected chi connectivity index (χ2v) is 2.68. The minimum Gasteiger partial charge on any atom is -0.325 e. The van der Waals surface area contributed by atoms with Gasteiger partial charge >= 0.3 is 6.18 Å². The highest BCUT2D eigenvalue weighted by Gasteiger charge is 2.39. The smallest absolute Gasteiger partial charge is 0.325 e. The Morgan fingerprint density at radius 1 is 1.36 bits per heavy atom. The Hall–Kier alpha value is -1.64. The number of nitrogens with zero attached hydrogens (tertiary/aromatic N) is 2. The van der Waals surface area contributed by atoms with Crippen molar-refractivity contribution in [1.29, 1.82) is 5.26 Å². The van der Waals surface area contributed by atoms with Gasteiger partial charge in [0.25, 0.3) is 0 Å². The maximum atomic E-state index is 12.1. The number of hydrogen-bond donors (Lipinski definition) is 1. The Morgan fingerprint density at radius 2 is 1.93 bits per heavy atom. The van der Waals surface area contributed by atoms with E-state index in [1.807, 2.05) is 0 Å². The van der Waals surface area contributed by atoms with Gasteiger partial charge in [0.2, 0.25) is 0 Å². The van der Waals surface area contributed by atoms with Gasteiger partial charge in [-0.25, -0.2) is 0 Å². The van der Waals surface area contributed by atoms with E-state index in [1.54, 1.807) is 24.5 Å². The summed E-state index contributed by atoms with van der Waals surface area (Å²) in [6.45, 7) is -0.450. The van der Waals surface area contributed by atoms with Crippen LogP contribution in [0.3, 0.4) is 0 Å². The van der Waals surface area contributed by atoms with Crippen molar-refractivity contribution in [3.63, 3.8) is 0 Å². The molecule has 0 aromatic carbocycles. The van der Waals surface area contributed by atoms with Gasteiger partial charge in [0, 0.05) is 12.4 Å². The average molecular weight is 203 g/mol. The number of rotatable bonds is 3. The number of nitrogens with one attached hydrogen (secondary N) is 1. The fourth-order valence-corrected chi connectivity index (χ4v) is 0.871. The number of aromatic nitrogens is 1. The molecule has 1 unspecified atom stereocenters. The van der Waals surface area contributed by atoms with Crippen molar-refractivity contribution in [2.45, 2.75) is 6.18 Å². The summed E-state index contributed by atoms with van der Waals surface area (Å²) in [6.07, 6.45) is -1.36. The van der Waals surface area contributed by atoms with E-state index in [-0.39, 0.29) is 0 Å². The van der Waals surface area contributed by atoms with Crippen LogP contribution in [-0.4, -0.2) is 17.4 Å². The highest BCUT2D eigenvalue weighted by molar-refractivity contribution is 4.97. The first kappa shape index (κ1) is 10.4. The Kier molecular flexibility index (Phi) is 3.02. The van der Waals surface area contributed by atoms with Gasteiger partial charge in [-0.1, -0.05) is 0 Å².